The molecule has 0 radical (unpaired) electrons. The van der Waals surface area contributed by atoms with Gasteiger partial charge < -0.3 is 4.52 Å². The van der Waals surface area contributed by atoms with E-state index in [1.165, 1.54) is 12.0 Å². The van der Waals surface area contributed by atoms with Gasteiger partial charge in [0.1, 0.15) is 0 Å². The van der Waals surface area contributed by atoms with Crippen molar-refractivity contribution >= 4 is 9.84 Å². The first-order valence-electron chi connectivity index (χ1n) is 9.97. The van der Waals surface area contributed by atoms with E-state index in [0.29, 0.717) is 17.6 Å². The van der Waals surface area contributed by atoms with Gasteiger partial charge in [0, 0.05) is 11.6 Å². The summed E-state index contributed by atoms with van der Waals surface area (Å²) >= 11 is 0. The summed E-state index contributed by atoms with van der Waals surface area (Å²) in [7, 11) is -3.01. The Morgan fingerprint density at radius 1 is 1.00 bits per heavy atom. The second-order valence-corrected chi connectivity index (χ2v) is 11.7. The van der Waals surface area contributed by atoms with Gasteiger partial charge in [0.15, 0.2) is 15.6 Å². The second-order valence-electron chi connectivity index (χ2n) is 8.89. The van der Waals surface area contributed by atoms with Gasteiger partial charge in [0.2, 0.25) is 0 Å². The lowest BCUT2D eigenvalue weighted by Gasteiger charge is -2.30. The molecule has 0 unspecified atom stereocenters. The zero-order valence-corrected chi connectivity index (χ0v) is 17.5. The molecule has 0 aliphatic heterocycles. The van der Waals surface area contributed by atoms with Crippen molar-refractivity contribution in [1.82, 2.24) is 5.16 Å². The minimum atomic E-state index is -3.01. The van der Waals surface area contributed by atoms with Gasteiger partial charge >= 0.3 is 0 Å². The van der Waals surface area contributed by atoms with Crippen molar-refractivity contribution < 1.29 is 12.9 Å². The summed E-state index contributed by atoms with van der Waals surface area (Å²) in [5.74, 6) is 2.20. The molecule has 0 saturated heterocycles. The highest BCUT2D eigenvalue weighted by Crippen LogP contribution is 2.34. The smallest absolute Gasteiger partial charge is 0.166 e. The molecule has 1 aliphatic rings. The van der Waals surface area contributed by atoms with E-state index in [-0.39, 0.29) is 0 Å². The number of rotatable bonds is 6. The van der Waals surface area contributed by atoms with E-state index < -0.39 is 14.6 Å². The van der Waals surface area contributed by atoms with Crippen molar-refractivity contribution in [1.29, 1.82) is 0 Å². The van der Waals surface area contributed by atoms with Crippen molar-refractivity contribution in [3.8, 4) is 11.3 Å². The number of hydrogen-bond acceptors (Lipinski definition) is 4. The third-order valence-corrected chi connectivity index (χ3v) is 8.65. The monoisotopic (exact) mass is 389 g/mol. The van der Waals surface area contributed by atoms with Crippen LogP contribution in [-0.4, -0.2) is 24.1 Å². The van der Waals surface area contributed by atoms with Crippen LogP contribution < -0.4 is 0 Å². The zero-order valence-electron chi connectivity index (χ0n) is 16.6. The average Bonchev–Trinajstić information content (AvgIpc) is 3.15. The minimum absolute atomic E-state index is 0.340. The van der Waals surface area contributed by atoms with Gasteiger partial charge in [-0.1, -0.05) is 42.3 Å². The predicted octanol–water partition coefficient (Wildman–Crippen LogP) is 5.29. The Kier molecular flexibility index (Phi) is 6.09. The van der Waals surface area contributed by atoms with Crippen molar-refractivity contribution in [2.45, 2.75) is 64.0 Å². The summed E-state index contributed by atoms with van der Waals surface area (Å²) in [5.41, 5.74) is 2.40. The average molecular weight is 390 g/mol. The molecule has 0 spiro atoms. The molecule has 2 aromatic rings. The standard InChI is InChI=1S/C22H31NO3S/c1-22(2,3)27(24,25)16-19-8-6-17(7-9-19)4-5-18-10-12-20(13-11-18)21-14-15-23-26-21/h10-15,17,19H,4-9,16H2,1-3H3. The van der Waals surface area contributed by atoms with Crippen LogP contribution in [-0.2, 0) is 16.3 Å². The first kappa shape index (κ1) is 20.1. The Morgan fingerprint density at radius 2 is 1.63 bits per heavy atom. The Labute approximate surface area is 163 Å². The van der Waals surface area contributed by atoms with Gasteiger partial charge in [-0.05, 0) is 63.9 Å². The quantitative estimate of drug-likeness (QED) is 0.673. The first-order valence-corrected chi connectivity index (χ1v) is 11.6. The minimum Gasteiger partial charge on any atom is -0.356 e. The third-order valence-electron chi connectivity index (χ3n) is 5.87. The van der Waals surface area contributed by atoms with Crippen LogP contribution >= 0.6 is 0 Å². The van der Waals surface area contributed by atoms with Crippen LogP contribution in [0.25, 0.3) is 11.3 Å². The summed E-state index contributed by atoms with van der Waals surface area (Å²) in [6.45, 7) is 5.42. The van der Waals surface area contributed by atoms with E-state index in [1.807, 2.05) is 26.8 Å². The Balaban J connectivity index is 1.45. The van der Waals surface area contributed by atoms with Crippen molar-refractivity contribution in [2.75, 3.05) is 5.75 Å². The lowest BCUT2D eigenvalue weighted by atomic mass is 9.80. The first-order chi connectivity index (χ1) is 12.7. The van der Waals surface area contributed by atoms with Crippen LogP contribution in [0.5, 0.6) is 0 Å². The molecule has 0 atom stereocenters. The molecule has 27 heavy (non-hydrogen) atoms. The number of nitrogens with zero attached hydrogens (tertiary/aromatic N) is 1. The van der Waals surface area contributed by atoms with Gasteiger partial charge in [0.25, 0.3) is 0 Å². The molecular formula is C22H31NO3S. The number of aromatic nitrogens is 1. The second kappa shape index (κ2) is 8.17. The highest BCUT2D eigenvalue weighted by Gasteiger charge is 2.33. The maximum atomic E-state index is 12.4. The topological polar surface area (TPSA) is 60.2 Å². The molecule has 3 rings (SSSR count). The lowest BCUT2D eigenvalue weighted by Crippen LogP contribution is -2.34. The summed E-state index contributed by atoms with van der Waals surface area (Å²) in [6, 6.07) is 10.4. The van der Waals surface area contributed by atoms with E-state index in [4.69, 9.17) is 4.52 Å². The van der Waals surface area contributed by atoms with E-state index >= 15 is 0 Å². The van der Waals surface area contributed by atoms with E-state index in [2.05, 4.69) is 29.4 Å². The van der Waals surface area contributed by atoms with Crippen molar-refractivity contribution in [3.63, 3.8) is 0 Å². The number of benzene rings is 1. The molecule has 0 amide bonds. The van der Waals surface area contributed by atoms with Crippen molar-refractivity contribution in [2.24, 2.45) is 11.8 Å². The summed E-state index contributed by atoms with van der Waals surface area (Å²) < 4.78 is 29.4. The summed E-state index contributed by atoms with van der Waals surface area (Å²) in [4.78, 5) is 0. The number of hydrogen-bond donors (Lipinski definition) is 0. The van der Waals surface area contributed by atoms with Gasteiger partial charge in [-0.25, -0.2) is 8.42 Å². The van der Waals surface area contributed by atoms with Crippen LogP contribution in [0.1, 0.15) is 58.4 Å². The molecule has 1 aromatic carbocycles. The third kappa shape index (κ3) is 5.22. The SMILES string of the molecule is CC(C)(C)S(=O)(=O)CC1CCC(CCc2ccc(-c3ccno3)cc2)CC1. The fourth-order valence-electron chi connectivity index (χ4n) is 3.82. The molecule has 1 heterocycles. The van der Waals surface area contributed by atoms with Gasteiger partial charge in [-0.2, -0.15) is 0 Å². The predicted molar refractivity (Wildman–Crippen MR) is 109 cm³/mol. The fraction of sp³-hybridized carbons (Fsp3) is 0.591. The maximum Gasteiger partial charge on any atom is 0.166 e. The van der Waals surface area contributed by atoms with E-state index in [0.717, 1.165) is 43.4 Å². The Hall–Kier alpha value is -1.62. The van der Waals surface area contributed by atoms with Gasteiger partial charge in [0.05, 0.1) is 16.7 Å². The van der Waals surface area contributed by atoms with Crippen LogP contribution in [0, 0.1) is 11.8 Å². The molecule has 1 fully saturated rings. The van der Waals surface area contributed by atoms with Crippen LogP contribution in [0.2, 0.25) is 0 Å². The normalized spacial score (nSPS) is 21.3. The van der Waals surface area contributed by atoms with Gasteiger partial charge in [-0.15, -0.1) is 0 Å². The highest BCUT2D eigenvalue weighted by molar-refractivity contribution is 7.92. The summed E-state index contributed by atoms with van der Waals surface area (Å²) in [5, 5.41) is 3.75. The molecule has 4 nitrogen and oxygen atoms in total. The Bertz CT molecular complexity index is 809. The lowest BCUT2D eigenvalue weighted by molar-refractivity contribution is 0.278. The number of sulfone groups is 1. The van der Waals surface area contributed by atoms with Crippen LogP contribution in [0.15, 0.2) is 41.1 Å². The fourth-order valence-corrected chi connectivity index (χ4v) is 5.27. The highest BCUT2D eigenvalue weighted by atomic mass is 32.2. The molecule has 1 aromatic heterocycles. The van der Waals surface area contributed by atoms with Gasteiger partial charge in [-0.3, -0.25) is 0 Å². The largest absolute Gasteiger partial charge is 0.356 e. The molecule has 1 saturated carbocycles. The summed E-state index contributed by atoms with van der Waals surface area (Å²) in [6.07, 6.45) is 8.31. The van der Waals surface area contributed by atoms with E-state index in [9.17, 15) is 8.42 Å². The Morgan fingerprint density at radius 3 is 2.19 bits per heavy atom. The molecule has 0 N–H and O–H groups in total. The van der Waals surface area contributed by atoms with Crippen LogP contribution in [0.3, 0.4) is 0 Å². The van der Waals surface area contributed by atoms with Crippen molar-refractivity contribution in [3.05, 3.63) is 42.1 Å². The molecular weight excluding hydrogens is 358 g/mol. The van der Waals surface area contributed by atoms with Crippen LogP contribution in [0.4, 0.5) is 0 Å². The molecule has 1 aliphatic carbocycles. The molecule has 148 valence electrons. The van der Waals surface area contributed by atoms with E-state index in [1.54, 1.807) is 6.20 Å². The molecule has 0 bridgehead atoms. The zero-order chi connectivity index (χ0) is 19.5. The molecule has 5 heteroatoms. The maximum absolute atomic E-state index is 12.4. The number of aryl methyl sites for hydroxylation is 1.